The molecule has 1 rings (SSSR count). The molecule has 0 spiro atoms. The van der Waals surface area contributed by atoms with Crippen molar-refractivity contribution in [3.05, 3.63) is 15.7 Å². The number of rotatable bonds is 5. The van der Waals surface area contributed by atoms with E-state index in [9.17, 15) is 18.0 Å². The number of nitrogens with two attached hydrogens (primary N) is 1. The first kappa shape index (κ1) is 24.2. The molecular weight excluding hydrogens is 456 g/mol. The van der Waals surface area contributed by atoms with E-state index in [4.69, 9.17) is 19.4 Å². The van der Waals surface area contributed by atoms with Crippen molar-refractivity contribution in [2.24, 2.45) is 0 Å². The minimum atomic E-state index is -4.06. The average molecular weight is 481 g/mol. The summed E-state index contributed by atoms with van der Waals surface area (Å²) in [5.74, 6) is -3.11. The Morgan fingerprint density at radius 3 is 1.93 bits per heavy atom. The van der Waals surface area contributed by atoms with E-state index in [-0.39, 0.29) is 15.9 Å². The van der Waals surface area contributed by atoms with Crippen LogP contribution >= 0.6 is 15.9 Å². The van der Waals surface area contributed by atoms with Crippen LogP contribution in [0.3, 0.4) is 0 Å². The third-order valence-corrected chi connectivity index (χ3v) is 4.75. The number of aromatic nitrogens is 1. The average Bonchev–Trinajstić information content (AvgIpc) is 2.46. The molecule has 0 radical (unpaired) electrons. The Balaban J connectivity index is 3.67. The van der Waals surface area contributed by atoms with Gasteiger partial charge >= 0.3 is 22.1 Å². The number of ether oxygens (including phenoxy) is 2. The summed E-state index contributed by atoms with van der Waals surface area (Å²) in [5, 5.41) is 0. The summed E-state index contributed by atoms with van der Waals surface area (Å²) in [6, 6.07) is 0. The van der Waals surface area contributed by atoms with E-state index < -0.39 is 50.4 Å². The Bertz CT molecular complexity index is 884. The molecule has 0 unspecified atom stereocenters. The quantitative estimate of drug-likeness (QED) is 0.497. The number of anilines is 1. The molecular formula is C17H25BrN2O7S. The highest BCUT2D eigenvalue weighted by Gasteiger charge is 2.33. The van der Waals surface area contributed by atoms with Crippen molar-refractivity contribution in [3.63, 3.8) is 0 Å². The van der Waals surface area contributed by atoms with E-state index in [1.807, 2.05) is 0 Å². The van der Waals surface area contributed by atoms with Crippen molar-refractivity contribution >= 4 is 43.8 Å². The SMILES string of the molecule is CCS(=O)(=O)Oc1c(Br)c(C(=O)OC(C)(C)C)nc(N)c1C(=O)OC(C)(C)C. The number of nitrogen functional groups attached to an aromatic ring is 1. The highest BCUT2D eigenvalue weighted by molar-refractivity contribution is 9.10. The minimum Gasteiger partial charge on any atom is -0.456 e. The maximum atomic E-state index is 12.6. The number of esters is 2. The molecule has 11 heteroatoms. The monoisotopic (exact) mass is 480 g/mol. The fourth-order valence-corrected chi connectivity index (χ4v) is 2.99. The zero-order valence-corrected chi connectivity index (χ0v) is 19.3. The van der Waals surface area contributed by atoms with E-state index in [0.29, 0.717) is 0 Å². The van der Waals surface area contributed by atoms with Gasteiger partial charge in [-0.2, -0.15) is 8.42 Å². The first-order valence-corrected chi connectivity index (χ1v) is 10.7. The van der Waals surface area contributed by atoms with Gasteiger partial charge in [0.05, 0.1) is 10.2 Å². The predicted octanol–water partition coefficient (Wildman–Crippen LogP) is 3.07. The number of hydrogen-bond donors (Lipinski definition) is 1. The third kappa shape index (κ3) is 6.62. The number of halogens is 1. The molecule has 1 aromatic rings. The second kappa shape index (κ2) is 8.24. The van der Waals surface area contributed by atoms with Crippen molar-refractivity contribution in [1.29, 1.82) is 0 Å². The predicted molar refractivity (Wildman–Crippen MR) is 107 cm³/mol. The standard InChI is InChI=1S/C17H25BrN2O7S/c1-8-28(23,24)27-12-9(14(21)25-16(2,3)4)13(19)20-11(10(12)18)15(22)26-17(5,6)7/h8H2,1-7H3,(H2,19,20). The zero-order valence-electron chi connectivity index (χ0n) is 16.9. The molecule has 1 aromatic heterocycles. The van der Waals surface area contributed by atoms with Crippen molar-refractivity contribution < 1.29 is 31.7 Å². The molecule has 0 atom stereocenters. The van der Waals surface area contributed by atoms with Crippen molar-refractivity contribution in [1.82, 2.24) is 4.98 Å². The molecule has 0 saturated heterocycles. The van der Waals surface area contributed by atoms with Gasteiger partial charge in [0.2, 0.25) is 0 Å². The number of carbonyl (C=O) groups is 2. The van der Waals surface area contributed by atoms with Gasteiger partial charge in [-0.25, -0.2) is 14.6 Å². The molecule has 0 fully saturated rings. The summed E-state index contributed by atoms with van der Waals surface area (Å²) in [7, 11) is -4.06. The fourth-order valence-electron chi connectivity index (χ4n) is 1.81. The van der Waals surface area contributed by atoms with Gasteiger partial charge in [-0.1, -0.05) is 0 Å². The summed E-state index contributed by atoms with van der Waals surface area (Å²) in [6.07, 6.45) is 0. The van der Waals surface area contributed by atoms with Crippen LogP contribution in [0.5, 0.6) is 5.75 Å². The smallest absolute Gasteiger partial charge is 0.358 e. The summed E-state index contributed by atoms with van der Waals surface area (Å²) in [5.41, 5.74) is 3.39. The van der Waals surface area contributed by atoms with Crippen LogP contribution in [0.4, 0.5) is 5.82 Å². The number of carbonyl (C=O) groups excluding carboxylic acids is 2. The second-order valence-electron chi connectivity index (χ2n) is 7.80. The molecule has 0 saturated carbocycles. The van der Waals surface area contributed by atoms with Crippen LogP contribution in [0.2, 0.25) is 0 Å². The largest absolute Gasteiger partial charge is 0.456 e. The van der Waals surface area contributed by atoms with Crippen molar-refractivity contribution in [2.45, 2.75) is 59.7 Å². The van der Waals surface area contributed by atoms with Gasteiger partial charge in [-0.3, -0.25) is 0 Å². The molecule has 158 valence electrons. The van der Waals surface area contributed by atoms with Crippen molar-refractivity contribution in [3.8, 4) is 5.75 Å². The summed E-state index contributed by atoms with van der Waals surface area (Å²) in [4.78, 5) is 28.9. The second-order valence-corrected chi connectivity index (χ2v) is 10.4. The highest BCUT2D eigenvalue weighted by Crippen LogP contribution is 2.37. The summed E-state index contributed by atoms with van der Waals surface area (Å²) < 4.78 is 39.4. The highest BCUT2D eigenvalue weighted by atomic mass is 79.9. The first-order valence-electron chi connectivity index (χ1n) is 8.35. The van der Waals surface area contributed by atoms with Crippen molar-refractivity contribution in [2.75, 3.05) is 11.5 Å². The molecule has 28 heavy (non-hydrogen) atoms. The number of nitrogens with zero attached hydrogens (tertiary/aromatic N) is 1. The molecule has 0 aromatic carbocycles. The molecule has 2 N–H and O–H groups in total. The van der Waals surface area contributed by atoms with Crippen LogP contribution in [-0.2, 0) is 19.6 Å². The molecule has 1 heterocycles. The Morgan fingerprint density at radius 2 is 1.50 bits per heavy atom. The number of pyridine rings is 1. The summed E-state index contributed by atoms with van der Waals surface area (Å²) >= 11 is 3.09. The van der Waals surface area contributed by atoms with Gasteiger partial charge in [0.25, 0.3) is 0 Å². The lowest BCUT2D eigenvalue weighted by molar-refractivity contribution is 0.00447. The third-order valence-electron chi connectivity index (χ3n) is 2.88. The maximum Gasteiger partial charge on any atom is 0.358 e. The van der Waals surface area contributed by atoms with Gasteiger partial charge in [-0.05, 0) is 64.4 Å². The fraction of sp³-hybridized carbons (Fsp3) is 0.588. The first-order chi connectivity index (χ1) is 12.5. The van der Waals surface area contributed by atoms with E-state index in [2.05, 4.69) is 20.9 Å². The van der Waals surface area contributed by atoms with Crippen LogP contribution in [-0.4, -0.2) is 42.3 Å². The lowest BCUT2D eigenvalue weighted by Gasteiger charge is -2.23. The lowest BCUT2D eigenvalue weighted by atomic mass is 10.1. The van der Waals surface area contributed by atoms with Gasteiger partial charge < -0.3 is 19.4 Å². The topological polar surface area (TPSA) is 135 Å². The van der Waals surface area contributed by atoms with E-state index in [1.165, 1.54) is 6.92 Å². The Hall–Kier alpha value is -1.88. The van der Waals surface area contributed by atoms with Gasteiger partial charge in [-0.15, -0.1) is 0 Å². The van der Waals surface area contributed by atoms with Crippen LogP contribution in [0.25, 0.3) is 0 Å². The lowest BCUT2D eigenvalue weighted by Crippen LogP contribution is -2.28. The Morgan fingerprint density at radius 1 is 1.04 bits per heavy atom. The molecule has 9 nitrogen and oxygen atoms in total. The Labute approximate surface area is 173 Å². The zero-order chi connectivity index (χ0) is 22.1. The molecule has 0 aliphatic rings. The molecule has 0 bridgehead atoms. The van der Waals surface area contributed by atoms with E-state index in [1.54, 1.807) is 41.5 Å². The molecule has 0 amide bonds. The van der Waals surface area contributed by atoms with Crippen LogP contribution in [0, 0.1) is 0 Å². The minimum absolute atomic E-state index is 0.186. The van der Waals surface area contributed by atoms with Gasteiger partial charge in [0, 0.05) is 0 Å². The number of hydrogen-bond acceptors (Lipinski definition) is 9. The normalized spacial score (nSPS) is 12.4. The van der Waals surface area contributed by atoms with Crippen LogP contribution in [0.1, 0.15) is 69.3 Å². The van der Waals surface area contributed by atoms with Gasteiger partial charge in [0.15, 0.2) is 11.4 Å². The van der Waals surface area contributed by atoms with E-state index >= 15 is 0 Å². The molecule has 0 aliphatic carbocycles. The van der Waals surface area contributed by atoms with Crippen LogP contribution in [0.15, 0.2) is 4.47 Å². The summed E-state index contributed by atoms with van der Waals surface area (Å²) in [6.45, 7) is 11.2. The Kier molecular flexibility index (Phi) is 7.11. The molecule has 0 aliphatic heterocycles. The van der Waals surface area contributed by atoms with E-state index in [0.717, 1.165) is 0 Å². The van der Waals surface area contributed by atoms with Crippen LogP contribution < -0.4 is 9.92 Å². The maximum absolute atomic E-state index is 12.6. The van der Waals surface area contributed by atoms with Gasteiger partial charge in [0.1, 0.15) is 22.6 Å².